The van der Waals surface area contributed by atoms with Crippen molar-refractivity contribution >= 4 is 0 Å². The second-order valence-corrected chi connectivity index (χ2v) is 6.80. The van der Waals surface area contributed by atoms with Crippen LogP contribution in [0.1, 0.15) is 70.0 Å². The van der Waals surface area contributed by atoms with Gasteiger partial charge in [0.25, 0.3) is 0 Å². The van der Waals surface area contributed by atoms with Gasteiger partial charge in [0, 0.05) is 6.04 Å². The van der Waals surface area contributed by atoms with Crippen molar-refractivity contribution in [1.29, 1.82) is 0 Å². The van der Waals surface area contributed by atoms with Gasteiger partial charge in [0.05, 0.1) is 0 Å². The Balaban J connectivity index is 2.09. The summed E-state index contributed by atoms with van der Waals surface area (Å²) < 4.78 is 0. The summed E-state index contributed by atoms with van der Waals surface area (Å²) in [4.78, 5) is 0. The molecular weight excluding hydrogens is 218 g/mol. The first-order valence-electron chi connectivity index (χ1n) is 7.34. The fourth-order valence-electron chi connectivity index (χ4n) is 2.97. The van der Waals surface area contributed by atoms with Gasteiger partial charge in [0.1, 0.15) is 0 Å². The van der Waals surface area contributed by atoms with Gasteiger partial charge in [-0.2, -0.15) is 0 Å². The van der Waals surface area contributed by atoms with E-state index in [1.54, 1.807) is 0 Å². The Labute approximate surface area is 112 Å². The maximum atomic E-state index is 6.43. The van der Waals surface area contributed by atoms with E-state index in [9.17, 15) is 0 Å². The van der Waals surface area contributed by atoms with Gasteiger partial charge in [-0.3, -0.25) is 0 Å². The van der Waals surface area contributed by atoms with E-state index in [0.29, 0.717) is 5.92 Å². The predicted octanol–water partition coefficient (Wildman–Crippen LogP) is 4.56. The molecule has 0 aromatic heterocycles. The Morgan fingerprint density at radius 2 is 1.56 bits per heavy atom. The third-order valence-corrected chi connectivity index (χ3v) is 4.32. The minimum Gasteiger partial charge on any atom is -0.324 e. The van der Waals surface area contributed by atoms with Gasteiger partial charge in [-0.15, -0.1) is 0 Å². The summed E-state index contributed by atoms with van der Waals surface area (Å²) in [6.45, 7) is 6.76. The lowest BCUT2D eigenvalue weighted by Gasteiger charge is -2.28. The van der Waals surface area contributed by atoms with Crippen LogP contribution in [-0.4, -0.2) is 0 Å². The van der Waals surface area contributed by atoms with E-state index < -0.39 is 0 Å². The SMILES string of the molecule is CC(C)(C)c1ccc(C(N)C2CCCCC2)cc1. The van der Waals surface area contributed by atoms with E-state index in [0.717, 1.165) is 0 Å². The zero-order chi connectivity index (χ0) is 13.2. The topological polar surface area (TPSA) is 26.0 Å². The summed E-state index contributed by atoms with van der Waals surface area (Å²) in [5.41, 5.74) is 9.36. The van der Waals surface area contributed by atoms with Crippen LogP contribution >= 0.6 is 0 Å². The fraction of sp³-hybridized carbons (Fsp3) is 0.647. The van der Waals surface area contributed by atoms with Crippen molar-refractivity contribution in [3.63, 3.8) is 0 Å². The van der Waals surface area contributed by atoms with Crippen molar-refractivity contribution in [2.45, 2.75) is 64.3 Å². The molecule has 1 fully saturated rings. The minimum absolute atomic E-state index is 0.230. The molecule has 0 radical (unpaired) electrons. The third-order valence-electron chi connectivity index (χ3n) is 4.32. The van der Waals surface area contributed by atoms with Crippen LogP contribution in [0.2, 0.25) is 0 Å². The van der Waals surface area contributed by atoms with Gasteiger partial charge in [-0.1, -0.05) is 64.3 Å². The molecule has 2 N–H and O–H groups in total. The van der Waals surface area contributed by atoms with Crippen molar-refractivity contribution in [3.8, 4) is 0 Å². The van der Waals surface area contributed by atoms with Crippen LogP contribution in [0, 0.1) is 5.92 Å². The minimum atomic E-state index is 0.230. The van der Waals surface area contributed by atoms with Crippen molar-refractivity contribution < 1.29 is 0 Å². The Kier molecular flexibility index (Phi) is 4.11. The van der Waals surface area contributed by atoms with Crippen LogP contribution in [-0.2, 0) is 5.41 Å². The first-order valence-corrected chi connectivity index (χ1v) is 7.34. The van der Waals surface area contributed by atoms with Crippen molar-refractivity contribution in [2.75, 3.05) is 0 Å². The number of hydrogen-bond donors (Lipinski definition) is 1. The molecule has 0 saturated heterocycles. The molecule has 1 aliphatic carbocycles. The second kappa shape index (κ2) is 5.44. The number of benzene rings is 1. The van der Waals surface area contributed by atoms with Crippen LogP contribution in [0.15, 0.2) is 24.3 Å². The lowest BCUT2D eigenvalue weighted by atomic mass is 9.80. The maximum absolute atomic E-state index is 6.43. The summed E-state index contributed by atoms with van der Waals surface area (Å²) in [6, 6.07) is 9.20. The largest absolute Gasteiger partial charge is 0.324 e. The molecule has 0 spiro atoms. The van der Waals surface area contributed by atoms with Crippen LogP contribution in [0.4, 0.5) is 0 Å². The first-order chi connectivity index (χ1) is 8.48. The fourth-order valence-corrected chi connectivity index (χ4v) is 2.97. The lowest BCUT2D eigenvalue weighted by molar-refractivity contribution is 0.308. The zero-order valence-electron chi connectivity index (χ0n) is 12.1. The van der Waals surface area contributed by atoms with Gasteiger partial charge < -0.3 is 5.73 Å². The van der Waals surface area contributed by atoms with Gasteiger partial charge in [0.2, 0.25) is 0 Å². The highest BCUT2D eigenvalue weighted by Gasteiger charge is 2.22. The van der Waals surface area contributed by atoms with E-state index in [-0.39, 0.29) is 11.5 Å². The van der Waals surface area contributed by atoms with Gasteiger partial charge in [-0.25, -0.2) is 0 Å². The standard InChI is InChI=1S/C17H27N/c1-17(2,3)15-11-9-14(10-12-15)16(18)13-7-5-4-6-8-13/h9-13,16H,4-8,18H2,1-3H3. The Morgan fingerprint density at radius 3 is 2.06 bits per heavy atom. The van der Waals surface area contributed by atoms with E-state index >= 15 is 0 Å². The van der Waals surface area contributed by atoms with Gasteiger partial charge >= 0.3 is 0 Å². The number of nitrogens with two attached hydrogens (primary N) is 1. The monoisotopic (exact) mass is 245 g/mol. The van der Waals surface area contributed by atoms with Crippen molar-refractivity contribution in [3.05, 3.63) is 35.4 Å². The normalized spacial score (nSPS) is 19.8. The molecule has 1 nitrogen and oxygen atoms in total. The molecule has 1 aliphatic rings. The molecule has 0 amide bonds. The highest BCUT2D eigenvalue weighted by molar-refractivity contribution is 5.29. The highest BCUT2D eigenvalue weighted by atomic mass is 14.7. The molecule has 100 valence electrons. The first kappa shape index (κ1) is 13.6. The molecule has 1 heteroatoms. The summed E-state index contributed by atoms with van der Waals surface area (Å²) in [7, 11) is 0. The maximum Gasteiger partial charge on any atom is 0.0323 e. The van der Waals surface area contributed by atoms with Gasteiger partial charge in [-0.05, 0) is 35.3 Å². The third kappa shape index (κ3) is 3.14. The molecule has 18 heavy (non-hydrogen) atoms. The summed E-state index contributed by atoms with van der Waals surface area (Å²) in [5.74, 6) is 0.694. The van der Waals surface area contributed by atoms with Crippen LogP contribution in [0.25, 0.3) is 0 Å². The Morgan fingerprint density at radius 1 is 1.00 bits per heavy atom. The molecule has 2 rings (SSSR count). The summed E-state index contributed by atoms with van der Waals surface area (Å²) in [5, 5.41) is 0. The predicted molar refractivity (Wildman–Crippen MR) is 78.6 cm³/mol. The van der Waals surface area contributed by atoms with Gasteiger partial charge in [0.15, 0.2) is 0 Å². The highest BCUT2D eigenvalue weighted by Crippen LogP contribution is 2.33. The molecule has 1 unspecified atom stereocenters. The molecule has 1 aromatic carbocycles. The smallest absolute Gasteiger partial charge is 0.0323 e. The number of rotatable bonds is 2. The average molecular weight is 245 g/mol. The number of hydrogen-bond acceptors (Lipinski definition) is 1. The van der Waals surface area contributed by atoms with Crippen LogP contribution < -0.4 is 5.73 Å². The molecule has 0 heterocycles. The molecule has 1 aromatic rings. The van der Waals surface area contributed by atoms with Crippen LogP contribution in [0.3, 0.4) is 0 Å². The summed E-state index contributed by atoms with van der Waals surface area (Å²) >= 11 is 0. The molecule has 1 atom stereocenters. The summed E-state index contributed by atoms with van der Waals surface area (Å²) in [6.07, 6.45) is 6.73. The Hall–Kier alpha value is -0.820. The molecule has 0 bridgehead atoms. The van der Waals surface area contributed by atoms with Crippen LogP contribution in [0.5, 0.6) is 0 Å². The van der Waals surface area contributed by atoms with E-state index in [2.05, 4.69) is 45.0 Å². The van der Waals surface area contributed by atoms with Crippen molar-refractivity contribution in [1.82, 2.24) is 0 Å². The van der Waals surface area contributed by atoms with E-state index in [4.69, 9.17) is 5.73 Å². The van der Waals surface area contributed by atoms with Crippen molar-refractivity contribution in [2.24, 2.45) is 11.7 Å². The molecule has 1 saturated carbocycles. The quantitative estimate of drug-likeness (QED) is 0.812. The lowest BCUT2D eigenvalue weighted by Crippen LogP contribution is -2.23. The zero-order valence-corrected chi connectivity index (χ0v) is 12.1. The second-order valence-electron chi connectivity index (χ2n) is 6.80. The Bertz CT molecular complexity index is 366. The van der Waals surface area contributed by atoms with E-state index in [1.807, 2.05) is 0 Å². The van der Waals surface area contributed by atoms with E-state index in [1.165, 1.54) is 43.2 Å². The average Bonchev–Trinajstić information content (AvgIpc) is 2.38. The molecular formula is C17H27N. The molecule has 0 aliphatic heterocycles.